The molecule has 2 heterocycles. The van der Waals surface area contributed by atoms with E-state index in [1.165, 1.54) is 140 Å². The Balaban J connectivity index is 1.20. The molecule has 0 saturated heterocycles. The van der Waals surface area contributed by atoms with Crippen LogP contribution in [-0.4, -0.2) is 41.3 Å². The van der Waals surface area contributed by atoms with Crippen molar-refractivity contribution in [3.8, 4) is 11.6 Å². The number of unbranched alkanes of at least 4 members (excludes halogenated alkanes) is 18. The van der Waals surface area contributed by atoms with Crippen molar-refractivity contribution in [3.63, 3.8) is 0 Å². The van der Waals surface area contributed by atoms with Crippen molar-refractivity contribution >= 4 is 34.0 Å². The van der Waals surface area contributed by atoms with Gasteiger partial charge in [-0.05, 0) is 72.2 Å². The number of hydrogen-bond acceptors (Lipinski definition) is 4. The number of carboxylic acids is 2. The Morgan fingerprint density at radius 1 is 0.419 bits per heavy atom. The summed E-state index contributed by atoms with van der Waals surface area (Å²) in [6.07, 6.45) is 28.4. The number of aromatic carboxylic acids is 2. The third-order valence-corrected chi connectivity index (χ3v) is 12.6. The van der Waals surface area contributed by atoms with E-state index in [1.54, 1.807) is 24.3 Å². The van der Waals surface area contributed by atoms with Gasteiger partial charge in [-0.1, -0.05) is 190 Å². The van der Waals surface area contributed by atoms with Crippen LogP contribution in [0.2, 0.25) is 0 Å². The minimum atomic E-state index is -1.05. The molecule has 0 amide bonds. The molecule has 8 heteroatoms. The molecular weight excluding hydrogens is 769 g/mol. The summed E-state index contributed by atoms with van der Waals surface area (Å²) >= 11 is 0. The van der Waals surface area contributed by atoms with Crippen LogP contribution in [0.1, 0.15) is 185 Å². The number of aryl methyl sites for hydroxylation is 2. The third-order valence-electron chi connectivity index (χ3n) is 12.6. The number of imidazole rings is 2. The zero-order chi connectivity index (χ0) is 43.5. The van der Waals surface area contributed by atoms with Crippen LogP contribution in [0.3, 0.4) is 0 Å². The number of hydrogen-bond donors (Lipinski definition) is 2. The van der Waals surface area contributed by atoms with Gasteiger partial charge in [0.05, 0.1) is 22.2 Å². The zero-order valence-electron chi connectivity index (χ0n) is 37.6. The molecule has 2 aromatic heterocycles. The van der Waals surface area contributed by atoms with Gasteiger partial charge in [-0.25, -0.2) is 19.6 Å². The maximum atomic E-state index is 12.5. The van der Waals surface area contributed by atoms with Crippen molar-refractivity contribution in [2.75, 3.05) is 0 Å². The lowest BCUT2D eigenvalue weighted by Gasteiger charge is -2.13. The highest BCUT2D eigenvalue weighted by molar-refractivity contribution is 6.03. The number of carbonyl (C=O) groups is 2. The Labute approximate surface area is 369 Å². The standard InChI is InChI=1S/C54H70N4O4/c1-3-5-7-9-11-13-15-17-19-21-25-41-31-35-43(36-32-41)39-57-47-29-23-27-45(53(59)60)49(47)55-51(57)52-56-50-46(54(61)62)28-24-30-48(50)58(52)40-44-37-33-42(34-38-44)26-22-20-18-16-14-12-10-8-6-4-2/h23-24,27-38H,3-22,25-26,39-40H2,1-2H3,(H,59,60)(H,61,62). The largest absolute Gasteiger partial charge is 0.478 e. The summed E-state index contributed by atoms with van der Waals surface area (Å²) < 4.78 is 4.07. The van der Waals surface area contributed by atoms with Crippen LogP contribution >= 0.6 is 0 Å². The predicted molar refractivity (Wildman–Crippen MR) is 255 cm³/mol. The van der Waals surface area contributed by atoms with Crippen LogP contribution in [0.15, 0.2) is 84.9 Å². The summed E-state index contributed by atoms with van der Waals surface area (Å²) in [5.41, 5.74) is 7.09. The van der Waals surface area contributed by atoms with Crippen LogP contribution < -0.4 is 0 Å². The lowest BCUT2D eigenvalue weighted by Crippen LogP contribution is -2.08. The van der Waals surface area contributed by atoms with Crippen molar-refractivity contribution in [2.45, 2.75) is 168 Å². The molecule has 0 aliphatic rings. The van der Waals surface area contributed by atoms with Gasteiger partial charge in [-0.3, -0.25) is 0 Å². The van der Waals surface area contributed by atoms with Crippen molar-refractivity contribution < 1.29 is 19.8 Å². The molecular formula is C54H70N4O4. The summed E-state index contributed by atoms with van der Waals surface area (Å²) in [6, 6.07) is 27.9. The number of fused-ring (bicyclic) bond motifs is 2. The van der Waals surface area contributed by atoms with Gasteiger partial charge in [0, 0.05) is 13.1 Å². The van der Waals surface area contributed by atoms with Crippen molar-refractivity contribution in [3.05, 3.63) is 118 Å². The van der Waals surface area contributed by atoms with Crippen LogP contribution in [-0.2, 0) is 25.9 Å². The topological polar surface area (TPSA) is 110 Å². The Morgan fingerprint density at radius 3 is 1.05 bits per heavy atom. The van der Waals surface area contributed by atoms with E-state index in [0.29, 0.717) is 46.8 Å². The molecule has 0 radical (unpaired) electrons. The van der Waals surface area contributed by atoms with Crippen molar-refractivity contribution in [2.24, 2.45) is 0 Å². The van der Waals surface area contributed by atoms with Crippen LogP contribution in [0, 0.1) is 0 Å². The highest BCUT2D eigenvalue weighted by Crippen LogP contribution is 2.32. The minimum Gasteiger partial charge on any atom is -0.478 e. The maximum Gasteiger partial charge on any atom is 0.337 e. The zero-order valence-corrected chi connectivity index (χ0v) is 37.6. The van der Waals surface area contributed by atoms with E-state index in [0.717, 1.165) is 24.0 Å². The van der Waals surface area contributed by atoms with Gasteiger partial charge < -0.3 is 19.3 Å². The molecule has 330 valence electrons. The second-order valence-electron chi connectivity index (χ2n) is 17.5. The number of aromatic nitrogens is 4. The monoisotopic (exact) mass is 839 g/mol. The minimum absolute atomic E-state index is 0.112. The summed E-state index contributed by atoms with van der Waals surface area (Å²) in [5.74, 6) is -1.12. The lowest BCUT2D eigenvalue weighted by molar-refractivity contribution is 0.0688. The fraction of sp³-hybridized carbons (Fsp3) is 0.481. The van der Waals surface area contributed by atoms with E-state index in [9.17, 15) is 19.8 Å². The molecule has 0 aliphatic heterocycles. The van der Waals surface area contributed by atoms with Gasteiger partial charge in [0.15, 0.2) is 11.6 Å². The smallest absolute Gasteiger partial charge is 0.337 e. The SMILES string of the molecule is CCCCCCCCCCCCc1ccc(Cn2c(-c3nc4c(C(=O)O)cccc4n3Cc3ccc(CCCCCCCCCCCC)cc3)nc3c(C(=O)O)cccc32)cc1. The fourth-order valence-electron chi connectivity index (χ4n) is 8.92. The molecule has 0 saturated carbocycles. The highest BCUT2D eigenvalue weighted by Gasteiger charge is 2.25. The van der Waals surface area contributed by atoms with E-state index in [-0.39, 0.29) is 11.1 Å². The first kappa shape index (κ1) is 46.3. The number of rotatable bonds is 29. The normalized spacial score (nSPS) is 11.6. The first-order chi connectivity index (χ1) is 30.4. The Kier molecular flexibility index (Phi) is 18.2. The second kappa shape index (κ2) is 24.4. The van der Waals surface area contributed by atoms with E-state index in [4.69, 9.17) is 9.97 Å². The molecule has 0 fully saturated rings. The number of carboxylic acid groups (broad SMARTS) is 2. The molecule has 2 N–H and O–H groups in total. The van der Waals surface area contributed by atoms with Crippen LogP contribution in [0.5, 0.6) is 0 Å². The lowest BCUT2D eigenvalue weighted by atomic mass is 10.0. The first-order valence-electron chi connectivity index (χ1n) is 24.0. The summed E-state index contributed by atoms with van der Waals surface area (Å²) in [5, 5.41) is 20.5. The molecule has 62 heavy (non-hydrogen) atoms. The summed E-state index contributed by atoms with van der Waals surface area (Å²) in [4.78, 5) is 35.0. The van der Waals surface area contributed by atoms with Crippen molar-refractivity contribution in [1.82, 2.24) is 19.1 Å². The number of benzene rings is 4. The van der Waals surface area contributed by atoms with Gasteiger partial charge in [0.2, 0.25) is 0 Å². The molecule has 0 bridgehead atoms. The van der Waals surface area contributed by atoms with Crippen LogP contribution in [0.4, 0.5) is 0 Å². The van der Waals surface area contributed by atoms with Crippen LogP contribution in [0.25, 0.3) is 33.7 Å². The average Bonchev–Trinajstić information content (AvgIpc) is 3.83. The molecule has 8 nitrogen and oxygen atoms in total. The molecule has 0 aliphatic carbocycles. The average molecular weight is 839 g/mol. The Hall–Kier alpha value is -5.24. The second-order valence-corrected chi connectivity index (χ2v) is 17.5. The Morgan fingerprint density at radius 2 is 0.726 bits per heavy atom. The quantitative estimate of drug-likeness (QED) is 0.0455. The first-order valence-corrected chi connectivity index (χ1v) is 24.0. The van der Waals surface area contributed by atoms with E-state index < -0.39 is 11.9 Å². The van der Waals surface area contributed by atoms with Gasteiger partial charge in [0.25, 0.3) is 0 Å². The van der Waals surface area contributed by atoms with E-state index in [1.807, 2.05) is 21.3 Å². The highest BCUT2D eigenvalue weighted by atomic mass is 16.4. The summed E-state index contributed by atoms with van der Waals surface area (Å²) in [7, 11) is 0. The number of nitrogens with zero attached hydrogens (tertiary/aromatic N) is 4. The van der Waals surface area contributed by atoms with E-state index in [2.05, 4.69) is 62.4 Å². The van der Waals surface area contributed by atoms with Gasteiger partial charge >= 0.3 is 11.9 Å². The predicted octanol–water partition coefficient (Wildman–Crippen LogP) is 14.5. The molecule has 0 atom stereocenters. The molecule has 4 aromatic carbocycles. The van der Waals surface area contributed by atoms with Gasteiger partial charge in [-0.15, -0.1) is 0 Å². The summed E-state index contributed by atoms with van der Waals surface area (Å²) in [6.45, 7) is 5.41. The van der Waals surface area contributed by atoms with E-state index >= 15 is 0 Å². The van der Waals surface area contributed by atoms with Gasteiger partial charge in [0.1, 0.15) is 11.0 Å². The van der Waals surface area contributed by atoms with Crippen molar-refractivity contribution in [1.29, 1.82) is 0 Å². The molecule has 0 unspecified atom stereocenters. The maximum absolute atomic E-state index is 12.5. The van der Waals surface area contributed by atoms with Gasteiger partial charge in [-0.2, -0.15) is 0 Å². The Bertz CT molecular complexity index is 2140. The third kappa shape index (κ3) is 12.9. The fourth-order valence-corrected chi connectivity index (χ4v) is 8.92. The molecule has 0 spiro atoms. The molecule has 6 aromatic rings. The number of para-hydroxylation sites is 2. The molecule has 6 rings (SSSR count).